The van der Waals surface area contributed by atoms with Gasteiger partial charge >= 0.3 is 12.1 Å². The molecule has 0 aliphatic carbocycles. The number of rotatable bonds is 10. The van der Waals surface area contributed by atoms with E-state index in [9.17, 15) is 24.6 Å². The molecule has 2 heterocycles. The van der Waals surface area contributed by atoms with E-state index < -0.39 is 42.0 Å². The molecule has 0 amide bonds. The highest BCUT2D eigenvalue weighted by atomic mass is 16.6. The van der Waals surface area contributed by atoms with Crippen LogP contribution in [0.25, 0.3) is 0 Å². The molecule has 2 N–H and O–H groups in total. The quantitative estimate of drug-likeness (QED) is 0.268. The maximum atomic E-state index is 14.1. The van der Waals surface area contributed by atoms with Crippen LogP contribution in [-0.2, 0) is 28.5 Å². The number of aliphatic hydroxyl groups is 2. The van der Waals surface area contributed by atoms with Gasteiger partial charge in [-0.2, -0.15) is 0 Å². The van der Waals surface area contributed by atoms with E-state index in [2.05, 4.69) is 25.8 Å². The minimum Gasteiger partial charge on any atom is -0.462 e. The molecule has 0 radical (unpaired) electrons. The van der Waals surface area contributed by atoms with E-state index in [0.717, 1.165) is 0 Å². The summed E-state index contributed by atoms with van der Waals surface area (Å²) in [5, 5.41) is 19.9. The number of ether oxygens (including phenoxy) is 4. The molecule has 0 spiro atoms. The normalized spacial score (nSPS) is 33.4. The van der Waals surface area contributed by atoms with Gasteiger partial charge < -0.3 is 29.2 Å². The third-order valence-electron chi connectivity index (χ3n) is 9.84. The van der Waals surface area contributed by atoms with Gasteiger partial charge in [0.1, 0.15) is 18.5 Å². The van der Waals surface area contributed by atoms with Crippen LogP contribution in [-0.4, -0.2) is 88.0 Å². The minimum absolute atomic E-state index is 0.0321. The van der Waals surface area contributed by atoms with Crippen LogP contribution >= 0.6 is 0 Å². The topological polar surface area (TPSA) is 146 Å². The van der Waals surface area contributed by atoms with E-state index in [-0.39, 0.29) is 60.5 Å². The SMILES string of the molecule is CO[C@@H](CCOC[C@@H](C)C1OC(=O)C(C)C[C@H](C)[C@@H](C)[C@@H](C)C[C@](C)(OC(=O)n2ccnc2)C(=O)C(C)C[C@H]1C)[C@H](O)C(C)O. The molecule has 1 aromatic rings. The fourth-order valence-electron chi connectivity index (χ4n) is 6.70. The van der Waals surface area contributed by atoms with Gasteiger partial charge in [-0.05, 0) is 63.2 Å². The Kier molecular flexibility index (Phi) is 15.1. The zero-order valence-corrected chi connectivity index (χ0v) is 29.0. The Hall–Kier alpha value is -2.34. The van der Waals surface area contributed by atoms with Gasteiger partial charge in [0.15, 0.2) is 11.4 Å². The molecule has 0 saturated carbocycles. The maximum Gasteiger partial charge on any atom is 0.420 e. The summed E-state index contributed by atoms with van der Waals surface area (Å²) in [5.74, 6) is -1.32. The largest absolute Gasteiger partial charge is 0.462 e. The lowest BCUT2D eigenvalue weighted by molar-refractivity contribution is -0.162. The second-order valence-electron chi connectivity index (χ2n) is 13.9. The van der Waals surface area contributed by atoms with Crippen molar-refractivity contribution in [3.63, 3.8) is 0 Å². The minimum atomic E-state index is -1.36. The van der Waals surface area contributed by atoms with Crippen LogP contribution in [0.4, 0.5) is 4.79 Å². The van der Waals surface area contributed by atoms with Crippen molar-refractivity contribution < 1.29 is 43.5 Å². The lowest BCUT2D eigenvalue weighted by atomic mass is 9.73. The highest BCUT2D eigenvalue weighted by Gasteiger charge is 2.44. The molecule has 1 aliphatic heterocycles. The number of hydrogen-bond acceptors (Lipinski definition) is 10. The summed E-state index contributed by atoms with van der Waals surface area (Å²) in [7, 11) is 1.48. The number of aromatic nitrogens is 2. The molecule has 11 heteroatoms. The molecule has 12 atom stereocenters. The van der Waals surface area contributed by atoms with Gasteiger partial charge in [-0.1, -0.05) is 48.5 Å². The van der Waals surface area contributed by atoms with Gasteiger partial charge in [-0.3, -0.25) is 9.59 Å². The van der Waals surface area contributed by atoms with E-state index >= 15 is 0 Å². The number of aliphatic hydroxyl groups excluding tert-OH is 2. The Morgan fingerprint density at radius 1 is 1.07 bits per heavy atom. The van der Waals surface area contributed by atoms with Gasteiger partial charge in [-0.15, -0.1) is 0 Å². The second-order valence-corrected chi connectivity index (χ2v) is 13.9. The molecule has 11 nitrogen and oxygen atoms in total. The van der Waals surface area contributed by atoms with Crippen molar-refractivity contribution in [2.45, 2.75) is 118 Å². The Balaban J connectivity index is 2.29. The Morgan fingerprint density at radius 3 is 2.29 bits per heavy atom. The Morgan fingerprint density at radius 2 is 1.71 bits per heavy atom. The number of ketones is 1. The van der Waals surface area contributed by atoms with Crippen LogP contribution in [0.1, 0.15) is 88.0 Å². The van der Waals surface area contributed by atoms with Crippen molar-refractivity contribution in [2.24, 2.45) is 41.4 Å². The van der Waals surface area contributed by atoms with Crippen LogP contribution < -0.4 is 0 Å². The first-order valence-corrected chi connectivity index (χ1v) is 16.4. The first-order valence-electron chi connectivity index (χ1n) is 16.4. The number of cyclic esters (lactones) is 1. The lowest BCUT2D eigenvalue weighted by Gasteiger charge is -2.38. The summed E-state index contributed by atoms with van der Waals surface area (Å²) >= 11 is 0. The summed E-state index contributed by atoms with van der Waals surface area (Å²) < 4.78 is 24.6. The maximum absolute atomic E-state index is 14.1. The van der Waals surface area contributed by atoms with Crippen molar-refractivity contribution in [3.05, 3.63) is 18.7 Å². The number of Topliss-reactive ketones (excluding diaryl/α,β-unsaturated/α-hetero) is 1. The van der Waals surface area contributed by atoms with Crippen LogP contribution in [0, 0.1) is 41.4 Å². The molecule has 4 unspecified atom stereocenters. The van der Waals surface area contributed by atoms with Gasteiger partial charge in [0.05, 0.1) is 24.7 Å². The van der Waals surface area contributed by atoms with E-state index in [4.69, 9.17) is 18.9 Å². The fourth-order valence-corrected chi connectivity index (χ4v) is 6.70. The molecule has 1 aromatic heterocycles. The monoisotopic (exact) mass is 638 g/mol. The summed E-state index contributed by atoms with van der Waals surface area (Å²) in [6, 6.07) is 0. The summed E-state index contributed by atoms with van der Waals surface area (Å²) in [4.78, 5) is 44.5. The summed E-state index contributed by atoms with van der Waals surface area (Å²) in [5.41, 5.74) is -1.36. The second kappa shape index (κ2) is 17.5. The van der Waals surface area contributed by atoms with E-state index in [1.54, 1.807) is 6.92 Å². The number of carbonyl (C=O) groups is 3. The Bertz CT molecular complexity index is 1060. The number of methoxy groups -OCH3 is 1. The average molecular weight is 639 g/mol. The Labute approximate surface area is 269 Å². The molecule has 1 saturated heterocycles. The number of imidazole rings is 1. The van der Waals surface area contributed by atoms with Crippen molar-refractivity contribution in [1.82, 2.24) is 9.55 Å². The van der Waals surface area contributed by atoms with E-state index in [1.807, 2.05) is 27.7 Å². The molecule has 45 heavy (non-hydrogen) atoms. The predicted octanol–water partition coefficient (Wildman–Crippen LogP) is 4.91. The van der Waals surface area contributed by atoms with Gasteiger partial charge in [0, 0.05) is 37.9 Å². The van der Waals surface area contributed by atoms with E-state index in [1.165, 1.54) is 37.3 Å². The molecule has 2 rings (SSSR count). The standard InChI is InChI=1S/C34H58N2O9/c1-20-15-23(4)32(40)44-30(25(6)18-43-14-11-28(42-10)29(38)27(8)37)21(2)16-22(3)31(39)34(9,17-24(5)26(20)7)45-33(41)36-13-12-35-19-36/h12-13,19-30,37-38H,11,14-18H2,1-10H3/t20-,21+,22?,23?,24-,25+,26+,27?,28-,29+,30?,34-/m0/s1. The summed E-state index contributed by atoms with van der Waals surface area (Å²) in [6.07, 6.45) is 2.38. The van der Waals surface area contributed by atoms with Gasteiger partial charge in [-0.25, -0.2) is 14.3 Å². The zero-order chi connectivity index (χ0) is 34.1. The van der Waals surface area contributed by atoms with Gasteiger partial charge in [0.25, 0.3) is 0 Å². The first-order chi connectivity index (χ1) is 21.0. The molecule has 1 fully saturated rings. The number of hydrogen-bond donors (Lipinski definition) is 2. The average Bonchev–Trinajstić information content (AvgIpc) is 3.53. The molecule has 1 aliphatic rings. The van der Waals surface area contributed by atoms with Crippen LogP contribution in [0.15, 0.2) is 18.7 Å². The predicted molar refractivity (Wildman–Crippen MR) is 169 cm³/mol. The number of carbonyl (C=O) groups excluding carboxylic acids is 3. The molecular formula is C34H58N2O9. The fraction of sp³-hybridized carbons (Fsp3) is 0.824. The number of esters is 1. The third kappa shape index (κ3) is 10.9. The highest BCUT2D eigenvalue weighted by molar-refractivity contribution is 5.91. The third-order valence-corrected chi connectivity index (χ3v) is 9.84. The van der Waals surface area contributed by atoms with Gasteiger partial charge in [0.2, 0.25) is 0 Å². The summed E-state index contributed by atoms with van der Waals surface area (Å²) in [6.45, 7) is 17.7. The van der Waals surface area contributed by atoms with E-state index in [0.29, 0.717) is 25.7 Å². The van der Waals surface area contributed by atoms with Crippen molar-refractivity contribution >= 4 is 17.8 Å². The molecular weight excluding hydrogens is 580 g/mol. The lowest BCUT2D eigenvalue weighted by Crippen LogP contribution is -2.47. The zero-order valence-electron chi connectivity index (χ0n) is 29.0. The molecule has 258 valence electrons. The highest BCUT2D eigenvalue weighted by Crippen LogP contribution is 2.37. The number of nitrogens with zero attached hydrogens (tertiary/aromatic N) is 2. The molecule has 0 bridgehead atoms. The van der Waals surface area contributed by atoms with Crippen molar-refractivity contribution in [2.75, 3.05) is 20.3 Å². The van der Waals surface area contributed by atoms with Crippen LogP contribution in [0.3, 0.4) is 0 Å². The smallest absolute Gasteiger partial charge is 0.420 e. The first kappa shape index (κ1) is 38.8. The van der Waals surface area contributed by atoms with Crippen LogP contribution in [0.5, 0.6) is 0 Å². The van der Waals surface area contributed by atoms with Crippen molar-refractivity contribution in [3.8, 4) is 0 Å². The van der Waals surface area contributed by atoms with Crippen molar-refractivity contribution in [1.29, 1.82) is 0 Å². The van der Waals surface area contributed by atoms with Crippen LogP contribution in [0.2, 0.25) is 0 Å². The molecule has 0 aromatic carbocycles.